The van der Waals surface area contributed by atoms with Crippen LogP contribution >= 0.6 is 0 Å². The molecule has 4 heteroatoms. The van der Waals surface area contributed by atoms with E-state index in [1.165, 1.54) is 0 Å². The number of hydrogen-bond acceptors (Lipinski definition) is 3. The molecule has 0 aliphatic heterocycles. The smallest absolute Gasteiger partial charge is 0.269 e. The minimum Gasteiger partial charge on any atom is -0.366 e. The van der Waals surface area contributed by atoms with Crippen LogP contribution < -0.4 is 5.48 Å². The second kappa shape index (κ2) is 5.98. The van der Waals surface area contributed by atoms with Crippen LogP contribution in [0.1, 0.15) is 34.6 Å². The molecule has 0 heterocycles. The molecule has 84 valence electrons. The van der Waals surface area contributed by atoms with Gasteiger partial charge in [0, 0.05) is 0 Å². The Labute approximate surface area is 85.9 Å². The molecular weight excluding hydrogens is 182 g/mol. The van der Waals surface area contributed by atoms with Crippen LogP contribution in [0.25, 0.3) is 0 Å². The van der Waals surface area contributed by atoms with E-state index < -0.39 is 0 Å². The van der Waals surface area contributed by atoms with Gasteiger partial charge in [-0.05, 0) is 26.7 Å². The van der Waals surface area contributed by atoms with Gasteiger partial charge in [0.1, 0.15) is 6.61 Å². The van der Waals surface area contributed by atoms with Crippen molar-refractivity contribution in [3.8, 4) is 0 Å². The summed E-state index contributed by atoms with van der Waals surface area (Å²) in [4.78, 5) is 16.1. The van der Waals surface area contributed by atoms with E-state index in [0.717, 1.165) is 0 Å². The van der Waals surface area contributed by atoms with Crippen LogP contribution in [-0.4, -0.2) is 24.7 Å². The summed E-state index contributed by atoms with van der Waals surface area (Å²) in [5.74, 6) is 0.152. The van der Waals surface area contributed by atoms with E-state index in [-0.39, 0.29) is 18.1 Å². The average Bonchev–Trinajstić information content (AvgIpc) is 1.99. The summed E-state index contributed by atoms with van der Waals surface area (Å²) in [6, 6.07) is 0. The molecule has 1 amide bonds. The summed E-state index contributed by atoms with van der Waals surface area (Å²) < 4.78 is 5.26. The first-order valence-corrected chi connectivity index (χ1v) is 4.86. The van der Waals surface area contributed by atoms with Crippen LogP contribution in [0.3, 0.4) is 0 Å². The van der Waals surface area contributed by atoms with E-state index in [1.807, 2.05) is 34.6 Å². The van der Waals surface area contributed by atoms with Crippen molar-refractivity contribution in [1.82, 2.24) is 5.48 Å². The highest BCUT2D eigenvalue weighted by atomic mass is 16.7. The van der Waals surface area contributed by atoms with Gasteiger partial charge in [0.15, 0.2) is 0 Å². The third-order valence-corrected chi connectivity index (χ3v) is 1.24. The Morgan fingerprint density at radius 2 is 1.93 bits per heavy atom. The van der Waals surface area contributed by atoms with Crippen LogP contribution in [0.5, 0.6) is 0 Å². The van der Waals surface area contributed by atoms with Gasteiger partial charge >= 0.3 is 0 Å². The predicted octanol–water partition coefficient (Wildman–Crippen LogP) is 1.51. The largest absolute Gasteiger partial charge is 0.366 e. The molecule has 0 aromatic heterocycles. The quantitative estimate of drug-likeness (QED) is 0.689. The molecule has 14 heavy (non-hydrogen) atoms. The molecule has 0 radical (unpaired) electrons. The fourth-order valence-corrected chi connectivity index (χ4v) is 0.600. The highest BCUT2D eigenvalue weighted by Gasteiger charge is 2.12. The first-order chi connectivity index (χ1) is 6.31. The molecule has 0 spiro atoms. The first-order valence-electron chi connectivity index (χ1n) is 4.86. The Kier molecular flexibility index (Phi) is 5.72. The Hall–Kier alpha value is -0.610. The molecule has 0 aliphatic rings. The lowest BCUT2D eigenvalue weighted by Gasteiger charge is -2.18. The van der Waals surface area contributed by atoms with E-state index in [4.69, 9.17) is 9.57 Å². The Morgan fingerprint density at radius 3 is 2.36 bits per heavy atom. The maximum Gasteiger partial charge on any atom is 0.269 e. The number of rotatable bonds is 5. The fourth-order valence-electron chi connectivity index (χ4n) is 0.600. The molecule has 1 N–H and O–H groups in total. The van der Waals surface area contributed by atoms with E-state index >= 15 is 0 Å². The number of hydrogen-bond donors (Lipinski definition) is 1. The Morgan fingerprint density at radius 1 is 1.36 bits per heavy atom. The molecule has 0 aromatic rings. The van der Waals surface area contributed by atoms with Crippen molar-refractivity contribution in [2.75, 3.05) is 13.2 Å². The minimum absolute atomic E-state index is 0.0294. The highest BCUT2D eigenvalue weighted by molar-refractivity contribution is 5.76. The molecule has 0 aromatic carbocycles. The van der Waals surface area contributed by atoms with Gasteiger partial charge in [-0.1, -0.05) is 13.8 Å². The van der Waals surface area contributed by atoms with Gasteiger partial charge in [0.25, 0.3) is 5.91 Å². The lowest BCUT2D eigenvalue weighted by atomic mass is 10.2. The summed E-state index contributed by atoms with van der Waals surface area (Å²) in [6.07, 6.45) is 0. The van der Waals surface area contributed by atoms with Gasteiger partial charge in [-0.25, -0.2) is 5.48 Å². The molecular formula is C10H21NO3. The van der Waals surface area contributed by atoms with Crippen molar-refractivity contribution >= 4 is 5.91 Å². The fraction of sp³-hybridized carbons (Fsp3) is 0.900. The third kappa shape index (κ3) is 9.48. The number of ether oxygens (including phenoxy) is 1. The summed E-state index contributed by atoms with van der Waals surface area (Å²) in [6.45, 7) is 10.3. The normalized spacial score (nSPS) is 11.9. The molecule has 0 saturated carbocycles. The molecule has 4 nitrogen and oxygen atoms in total. The lowest BCUT2D eigenvalue weighted by molar-refractivity contribution is -0.143. The zero-order valence-electron chi connectivity index (χ0n) is 9.72. The molecule has 0 fully saturated rings. The number of nitrogens with one attached hydrogen (secondary N) is 1. The van der Waals surface area contributed by atoms with Gasteiger partial charge in [-0.2, -0.15) is 0 Å². The molecule has 0 rings (SSSR count). The Bertz CT molecular complexity index is 173. The van der Waals surface area contributed by atoms with Crippen molar-refractivity contribution in [3.63, 3.8) is 0 Å². The number of amides is 1. The number of carbonyl (C=O) groups excluding carboxylic acids is 1. The average molecular weight is 203 g/mol. The first kappa shape index (κ1) is 13.4. The molecule has 0 saturated heterocycles. The van der Waals surface area contributed by atoms with Crippen molar-refractivity contribution in [3.05, 3.63) is 0 Å². The molecule has 0 aliphatic carbocycles. The monoisotopic (exact) mass is 203 g/mol. The second-order valence-corrected chi connectivity index (χ2v) is 4.63. The molecule has 0 unspecified atom stereocenters. The maximum absolute atomic E-state index is 11.1. The van der Waals surface area contributed by atoms with E-state index in [0.29, 0.717) is 12.5 Å². The van der Waals surface area contributed by atoms with E-state index in [1.54, 1.807) is 0 Å². The molecule has 0 atom stereocenters. The standard InChI is InChI=1S/C10H21NO3/c1-8(2)6-14-11-9(12)7-13-10(3,4)5/h8H,6-7H2,1-5H3,(H,11,12). The second-order valence-electron chi connectivity index (χ2n) is 4.63. The topological polar surface area (TPSA) is 47.6 Å². The SMILES string of the molecule is CC(C)CONC(=O)COC(C)(C)C. The van der Waals surface area contributed by atoms with Crippen LogP contribution in [0, 0.1) is 5.92 Å². The van der Waals surface area contributed by atoms with Crippen molar-refractivity contribution in [2.45, 2.75) is 40.2 Å². The van der Waals surface area contributed by atoms with Gasteiger partial charge in [-0.15, -0.1) is 0 Å². The molecule has 0 bridgehead atoms. The van der Waals surface area contributed by atoms with Crippen LogP contribution in [0.15, 0.2) is 0 Å². The summed E-state index contributed by atoms with van der Waals surface area (Å²) in [5, 5.41) is 0. The van der Waals surface area contributed by atoms with Crippen LogP contribution in [0.4, 0.5) is 0 Å². The Balaban J connectivity index is 3.47. The van der Waals surface area contributed by atoms with Crippen molar-refractivity contribution in [2.24, 2.45) is 5.92 Å². The number of carbonyl (C=O) groups is 1. The summed E-state index contributed by atoms with van der Waals surface area (Å²) in [7, 11) is 0. The summed E-state index contributed by atoms with van der Waals surface area (Å²) >= 11 is 0. The zero-order valence-corrected chi connectivity index (χ0v) is 9.72. The predicted molar refractivity (Wildman–Crippen MR) is 54.6 cm³/mol. The van der Waals surface area contributed by atoms with Crippen LogP contribution in [0.2, 0.25) is 0 Å². The highest BCUT2D eigenvalue weighted by Crippen LogP contribution is 2.05. The third-order valence-electron chi connectivity index (χ3n) is 1.24. The maximum atomic E-state index is 11.1. The van der Waals surface area contributed by atoms with Gasteiger partial charge < -0.3 is 4.74 Å². The van der Waals surface area contributed by atoms with Crippen LogP contribution in [-0.2, 0) is 14.4 Å². The van der Waals surface area contributed by atoms with Crippen molar-refractivity contribution in [1.29, 1.82) is 0 Å². The van der Waals surface area contributed by atoms with E-state index in [9.17, 15) is 4.79 Å². The van der Waals surface area contributed by atoms with Gasteiger partial charge in [0.05, 0.1) is 12.2 Å². The summed E-state index contributed by atoms with van der Waals surface area (Å²) in [5.41, 5.74) is 2.03. The van der Waals surface area contributed by atoms with E-state index in [2.05, 4.69) is 5.48 Å². The van der Waals surface area contributed by atoms with Crippen molar-refractivity contribution < 1.29 is 14.4 Å². The lowest BCUT2D eigenvalue weighted by Crippen LogP contribution is -2.32. The zero-order chi connectivity index (χ0) is 11.2. The van der Waals surface area contributed by atoms with Gasteiger partial charge in [0.2, 0.25) is 0 Å². The number of hydroxylamine groups is 1. The minimum atomic E-state index is -0.296. The van der Waals surface area contributed by atoms with Gasteiger partial charge in [-0.3, -0.25) is 9.63 Å².